The third kappa shape index (κ3) is 1.26. The number of rotatable bonds is 1. The van der Waals surface area contributed by atoms with Crippen molar-refractivity contribution in [3.8, 4) is 0 Å². The van der Waals surface area contributed by atoms with Gasteiger partial charge < -0.3 is 5.11 Å². The Balaban J connectivity index is 3.03. The zero-order valence-corrected chi connectivity index (χ0v) is 7.07. The molecular formula is C4H10N2O5P+. The Morgan fingerprint density at radius 3 is 2.25 bits per heavy atom. The number of amides is 1. The lowest BCUT2D eigenvalue weighted by atomic mass is 10.6. The Morgan fingerprint density at radius 2 is 2.08 bits per heavy atom. The number of nitrogens with zero attached hydrogens (tertiary/aromatic N) is 1. The SMILES string of the molecule is O=C(O)[N+]1(P(=O)(O)O)CCNC1. The van der Waals surface area contributed by atoms with Crippen LogP contribution in [0.5, 0.6) is 0 Å². The van der Waals surface area contributed by atoms with Crippen molar-refractivity contribution in [3.63, 3.8) is 0 Å². The highest BCUT2D eigenvalue weighted by Gasteiger charge is 2.55. The number of hydrogen-bond acceptors (Lipinski definition) is 3. The maximum Gasteiger partial charge on any atom is 0.538 e. The van der Waals surface area contributed by atoms with Gasteiger partial charge in [-0.2, -0.15) is 4.79 Å². The van der Waals surface area contributed by atoms with E-state index < -0.39 is 18.1 Å². The molecule has 1 atom stereocenters. The van der Waals surface area contributed by atoms with Crippen molar-refractivity contribution in [1.29, 1.82) is 0 Å². The van der Waals surface area contributed by atoms with Crippen LogP contribution in [0.4, 0.5) is 4.79 Å². The topological polar surface area (TPSA) is 107 Å². The van der Waals surface area contributed by atoms with Crippen molar-refractivity contribution < 1.29 is 28.5 Å². The Hall–Kier alpha value is -0.460. The first-order chi connectivity index (χ1) is 5.40. The lowest BCUT2D eigenvalue weighted by Gasteiger charge is -2.25. The van der Waals surface area contributed by atoms with Crippen molar-refractivity contribution in [1.82, 2.24) is 5.32 Å². The van der Waals surface area contributed by atoms with Gasteiger partial charge in [-0.25, -0.2) is 4.57 Å². The van der Waals surface area contributed by atoms with E-state index in [1.54, 1.807) is 0 Å². The van der Waals surface area contributed by atoms with Gasteiger partial charge in [0, 0.05) is 0 Å². The van der Waals surface area contributed by atoms with Gasteiger partial charge in [0.2, 0.25) is 0 Å². The third-order valence-electron chi connectivity index (χ3n) is 1.89. The molecule has 1 heterocycles. The average Bonchev–Trinajstić information content (AvgIpc) is 2.31. The molecule has 12 heavy (non-hydrogen) atoms. The van der Waals surface area contributed by atoms with E-state index in [0.717, 1.165) is 0 Å². The lowest BCUT2D eigenvalue weighted by molar-refractivity contribution is -0.735. The van der Waals surface area contributed by atoms with Crippen molar-refractivity contribution in [3.05, 3.63) is 0 Å². The molecule has 0 aromatic rings. The standard InChI is InChI=1S/C4H9N2O5P/c7-4(8)6(12(9,10)11)2-1-5-3-6/h5H,1-3H2,(H2-,7,8,9,10,11)/p+1. The van der Waals surface area contributed by atoms with Gasteiger partial charge in [0.25, 0.3) is 0 Å². The van der Waals surface area contributed by atoms with Gasteiger partial charge >= 0.3 is 13.8 Å². The van der Waals surface area contributed by atoms with E-state index in [9.17, 15) is 9.36 Å². The smallest absolute Gasteiger partial charge is 0.435 e. The second-order valence-electron chi connectivity index (χ2n) is 2.60. The van der Waals surface area contributed by atoms with E-state index in [-0.39, 0.29) is 13.2 Å². The van der Waals surface area contributed by atoms with Crippen molar-refractivity contribution in [2.45, 2.75) is 0 Å². The van der Waals surface area contributed by atoms with Crippen LogP contribution >= 0.6 is 7.75 Å². The minimum absolute atomic E-state index is 0.0837. The molecule has 7 nitrogen and oxygen atoms in total. The van der Waals surface area contributed by atoms with Gasteiger partial charge in [0.05, 0.1) is 6.54 Å². The molecule has 0 aromatic heterocycles. The van der Waals surface area contributed by atoms with Crippen LogP contribution in [-0.4, -0.2) is 45.0 Å². The molecule has 1 aliphatic heterocycles. The minimum atomic E-state index is -4.62. The summed E-state index contributed by atoms with van der Waals surface area (Å²) in [5, 5.41) is 11.2. The summed E-state index contributed by atoms with van der Waals surface area (Å²) in [6, 6.07) is 0. The second kappa shape index (κ2) is 2.79. The van der Waals surface area contributed by atoms with Crippen LogP contribution < -0.4 is 5.32 Å². The molecular weight excluding hydrogens is 187 g/mol. The monoisotopic (exact) mass is 197 g/mol. The molecule has 1 amide bonds. The van der Waals surface area contributed by atoms with Crippen molar-refractivity contribution in [2.75, 3.05) is 19.8 Å². The van der Waals surface area contributed by atoms with Crippen LogP contribution in [0.3, 0.4) is 0 Å². The Morgan fingerprint density at radius 1 is 1.50 bits per heavy atom. The summed E-state index contributed by atoms with van der Waals surface area (Å²) in [4.78, 5) is 28.2. The van der Waals surface area contributed by atoms with Crippen LogP contribution in [-0.2, 0) is 4.57 Å². The molecule has 4 N–H and O–H groups in total. The van der Waals surface area contributed by atoms with E-state index in [1.807, 2.05) is 0 Å². The normalized spacial score (nSPS) is 30.5. The zero-order valence-electron chi connectivity index (χ0n) is 6.17. The average molecular weight is 197 g/mol. The molecule has 1 unspecified atom stereocenters. The number of carbonyl (C=O) groups is 1. The fourth-order valence-corrected chi connectivity index (χ4v) is 1.97. The van der Waals surface area contributed by atoms with Gasteiger partial charge in [-0.1, -0.05) is 0 Å². The number of hydrogen-bond donors (Lipinski definition) is 4. The maximum absolute atomic E-state index is 10.8. The number of carboxylic acid groups (broad SMARTS) is 1. The molecule has 1 fully saturated rings. The molecule has 0 spiro atoms. The van der Waals surface area contributed by atoms with E-state index in [0.29, 0.717) is 6.54 Å². The predicted molar refractivity (Wildman–Crippen MR) is 38.1 cm³/mol. The molecule has 0 aliphatic carbocycles. The highest BCUT2D eigenvalue weighted by atomic mass is 31.2. The first kappa shape index (κ1) is 9.63. The summed E-state index contributed by atoms with van der Waals surface area (Å²) < 4.78 is 9.64. The van der Waals surface area contributed by atoms with Crippen LogP contribution in [0.25, 0.3) is 0 Å². The molecule has 0 bridgehead atoms. The van der Waals surface area contributed by atoms with E-state index in [4.69, 9.17) is 14.9 Å². The zero-order chi connectivity index (χ0) is 9.41. The number of nitrogens with one attached hydrogen (secondary N) is 1. The van der Waals surface area contributed by atoms with E-state index >= 15 is 0 Å². The summed E-state index contributed by atoms with van der Waals surface area (Å²) in [6.45, 7) is -0.00334. The Bertz CT molecular complexity index is 242. The molecule has 0 aromatic carbocycles. The highest BCUT2D eigenvalue weighted by Crippen LogP contribution is 2.48. The Labute approximate surface area is 68.4 Å². The van der Waals surface area contributed by atoms with Crippen molar-refractivity contribution >= 4 is 13.8 Å². The first-order valence-corrected chi connectivity index (χ1v) is 4.84. The molecule has 70 valence electrons. The molecule has 1 aliphatic rings. The van der Waals surface area contributed by atoms with Crippen LogP contribution in [0.1, 0.15) is 0 Å². The molecule has 1 saturated heterocycles. The Kier molecular flexibility index (Phi) is 2.24. The quantitative estimate of drug-likeness (QED) is 0.407. The molecule has 8 heteroatoms. The third-order valence-corrected chi connectivity index (χ3v) is 3.40. The fraction of sp³-hybridized carbons (Fsp3) is 0.750. The summed E-state index contributed by atoms with van der Waals surface area (Å²) >= 11 is 0. The molecule has 0 saturated carbocycles. The summed E-state index contributed by atoms with van der Waals surface area (Å²) in [6.07, 6.45) is -1.49. The molecule has 0 radical (unpaired) electrons. The van der Waals surface area contributed by atoms with Crippen LogP contribution in [0, 0.1) is 0 Å². The van der Waals surface area contributed by atoms with Gasteiger partial charge in [-0.3, -0.25) is 15.1 Å². The predicted octanol–water partition coefficient (Wildman–Crippen LogP) is -0.865. The minimum Gasteiger partial charge on any atom is -0.435 e. The highest BCUT2D eigenvalue weighted by molar-refractivity contribution is 7.46. The molecule has 1 rings (SSSR count). The largest absolute Gasteiger partial charge is 0.538 e. The first-order valence-electron chi connectivity index (χ1n) is 3.27. The summed E-state index contributed by atoms with van der Waals surface area (Å²) in [7, 11) is -4.62. The van der Waals surface area contributed by atoms with E-state index in [2.05, 4.69) is 5.32 Å². The van der Waals surface area contributed by atoms with Gasteiger partial charge in [-0.05, 0) is 0 Å². The maximum atomic E-state index is 10.8. The number of quaternary nitrogens is 1. The second-order valence-corrected chi connectivity index (χ2v) is 4.39. The van der Waals surface area contributed by atoms with Crippen molar-refractivity contribution in [2.24, 2.45) is 0 Å². The van der Waals surface area contributed by atoms with Gasteiger partial charge in [-0.15, -0.1) is 4.25 Å². The van der Waals surface area contributed by atoms with Crippen LogP contribution in [0.2, 0.25) is 0 Å². The summed E-state index contributed by atoms with van der Waals surface area (Å²) in [5.41, 5.74) is 0. The van der Waals surface area contributed by atoms with E-state index in [1.165, 1.54) is 0 Å². The van der Waals surface area contributed by atoms with Gasteiger partial charge in [0.15, 0.2) is 0 Å². The van der Waals surface area contributed by atoms with Crippen LogP contribution in [0.15, 0.2) is 0 Å². The van der Waals surface area contributed by atoms with Gasteiger partial charge in [0.1, 0.15) is 13.2 Å². The fourth-order valence-electron chi connectivity index (χ4n) is 1.10. The lowest BCUT2D eigenvalue weighted by Crippen LogP contribution is -2.47. The summed E-state index contributed by atoms with van der Waals surface area (Å²) in [5.74, 6) is 0.